The van der Waals surface area contributed by atoms with Gasteiger partial charge in [-0.3, -0.25) is 9.78 Å². The maximum atomic E-state index is 12.6. The molecule has 0 saturated carbocycles. The van der Waals surface area contributed by atoms with Gasteiger partial charge in [0.2, 0.25) is 5.88 Å². The van der Waals surface area contributed by atoms with Crippen LogP contribution in [0, 0.1) is 0 Å². The van der Waals surface area contributed by atoms with Crippen LogP contribution >= 0.6 is 11.6 Å². The molecule has 8 nitrogen and oxygen atoms in total. The Labute approximate surface area is 205 Å². The molecular weight excluding hydrogens is 472 g/mol. The van der Waals surface area contributed by atoms with E-state index in [1.165, 1.54) is 6.20 Å². The SMILES string of the molecule is CNC(=O)c1cc2c(Oc3ncc(N)cc3Cl)ccnc2cc1OCCO[Si](C)(C)C(C)(C)C. The smallest absolute Gasteiger partial charge is 0.254 e. The number of hydrogen-bond donors (Lipinski definition) is 2. The van der Waals surface area contributed by atoms with E-state index >= 15 is 0 Å². The molecule has 0 unspecified atom stereocenters. The summed E-state index contributed by atoms with van der Waals surface area (Å²) in [5, 5.41) is 3.64. The minimum Gasteiger partial charge on any atom is -0.490 e. The van der Waals surface area contributed by atoms with E-state index in [2.05, 4.69) is 49.1 Å². The molecule has 3 rings (SSSR count). The van der Waals surface area contributed by atoms with Gasteiger partial charge in [0.05, 0.1) is 29.6 Å². The molecule has 2 aromatic heterocycles. The van der Waals surface area contributed by atoms with E-state index in [4.69, 9.17) is 31.2 Å². The molecule has 34 heavy (non-hydrogen) atoms. The zero-order chi connectivity index (χ0) is 25.1. The third-order valence-electron chi connectivity index (χ3n) is 5.92. The second-order valence-electron chi connectivity index (χ2n) is 9.37. The predicted octanol–water partition coefficient (Wildman–Crippen LogP) is 5.42. The van der Waals surface area contributed by atoms with Gasteiger partial charge in [-0.15, -0.1) is 0 Å². The Hall–Kier alpha value is -2.88. The second kappa shape index (κ2) is 10.2. The van der Waals surface area contributed by atoms with Gasteiger partial charge in [-0.25, -0.2) is 4.98 Å². The van der Waals surface area contributed by atoms with Crippen molar-refractivity contribution in [1.29, 1.82) is 0 Å². The van der Waals surface area contributed by atoms with Crippen molar-refractivity contribution in [3.63, 3.8) is 0 Å². The van der Waals surface area contributed by atoms with Crippen molar-refractivity contribution in [1.82, 2.24) is 15.3 Å². The molecule has 0 bridgehead atoms. The van der Waals surface area contributed by atoms with Gasteiger partial charge in [0, 0.05) is 24.7 Å². The van der Waals surface area contributed by atoms with Crippen LogP contribution in [0.4, 0.5) is 5.69 Å². The number of ether oxygens (including phenoxy) is 2. The minimum absolute atomic E-state index is 0.103. The third-order valence-corrected chi connectivity index (χ3v) is 10.7. The van der Waals surface area contributed by atoms with E-state index in [1.807, 2.05) is 0 Å². The van der Waals surface area contributed by atoms with Crippen LogP contribution in [0.15, 0.2) is 36.7 Å². The average molecular weight is 503 g/mol. The number of pyridine rings is 2. The first kappa shape index (κ1) is 25.7. The van der Waals surface area contributed by atoms with Crippen LogP contribution in [-0.4, -0.2) is 44.5 Å². The zero-order valence-electron chi connectivity index (χ0n) is 20.4. The van der Waals surface area contributed by atoms with Crippen LogP contribution in [0.1, 0.15) is 31.1 Å². The van der Waals surface area contributed by atoms with Crippen LogP contribution in [0.3, 0.4) is 0 Å². The van der Waals surface area contributed by atoms with Crippen molar-refractivity contribution in [3.05, 3.63) is 47.2 Å². The monoisotopic (exact) mass is 502 g/mol. The first-order chi connectivity index (χ1) is 15.9. The number of carbonyl (C=O) groups excluding carboxylic acids is 1. The Morgan fingerprint density at radius 1 is 1.15 bits per heavy atom. The molecule has 182 valence electrons. The fourth-order valence-electron chi connectivity index (χ4n) is 2.95. The molecule has 1 aromatic carbocycles. The van der Waals surface area contributed by atoms with Crippen molar-refractivity contribution >= 4 is 42.4 Å². The fourth-order valence-corrected chi connectivity index (χ4v) is 4.19. The number of nitrogens with two attached hydrogens (primary N) is 1. The van der Waals surface area contributed by atoms with E-state index in [-0.39, 0.29) is 21.8 Å². The molecule has 0 atom stereocenters. The summed E-state index contributed by atoms with van der Waals surface area (Å²) in [7, 11) is -0.330. The first-order valence-corrected chi connectivity index (χ1v) is 14.2. The number of anilines is 1. The normalized spacial score (nSPS) is 12.0. The molecule has 0 spiro atoms. The summed E-state index contributed by atoms with van der Waals surface area (Å²) in [6.07, 6.45) is 3.06. The summed E-state index contributed by atoms with van der Waals surface area (Å²) in [5.41, 5.74) is 7.09. The van der Waals surface area contributed by atoms with E-state index in [0.717, 1.165) is 0 Å². The molecule has 0 aliphatic heterocycles. The number of fused-ring (bicyclic) bond motifs is 1. The molecule has 0 aliphatic rings. The number of hydrogen-bond acceptors (Lipinski definition) is 7. The number of rotatable bonds is 8. The number of nitrogens with one attached hydrogen (secondary N) is 1. The van der Waals surface area contributed by atoms with Crippen LogP contribution in [-0.2, 0) is 4.43 Å². The summed E-state index contributed by atoms with van der Waals surface area (Å²) in [6.45, 7) is 11.7. The van der Waals surface area contributed by atoms with E-state index in [9.17, 15) is 4.79 Å². The molecule has 10 heteroatoms. The van der Waals surface area contributed by atoms with Crippen LogP contribution in [0.5, 0.6) is 17.4 Å². The van der Waals surface area contributed by atoms with Crippen molar-refractivity contribution in [2.75, 3.05) is 26.0 Å². The first-order valence-electron chi connectivity index (χ1n) is 10.9. The molecule has 3 N–H and O–H groups in total. The Morgan fingerprint density at radius 2 is 1.88 bits per heavy atom. The number of aromatic nitrogens is 2. The Bertz CT molecular complexity index is 1200. The molecule has 0 fully saturated rings. The molecule has 0 radical (unpaired) electrons. The topological polar surface area (TPSA) is 109 Å². The maximum Gasteiger partial charge on any atom is 0.254 e. The fraction of sp³-hybridized carbons (Fsp3) is 0.375. The number of amides is 1. The highest BCUT2D eigenvalue weighted by molar-refractivity contribution is 6.74. The second-order valence-corrected chi connectivity index (χ2v) is 14.6. The van der Waals surface area contributed by atoms with Crippen molar-refractivity contribution < 1.29 is 18.7 Å². The van der Waals surface area contributed by atoms with Gasteiger partial charge in [0.1, 0.15) is 23.1 Å². The van der Waals surface area contributed by atoms with Crippen molar-refractivity contribution in [3.8, 4) is 17.4 Å². The number of halogens is 1. The summed E-state index contributed by atoms with van der Waals surface area (Å²) in [4.78, 5) is 21.2. The number of benzene rings is 1. The highest BCUT2D eigenvalue weighted by Gasteiger charge is 2.37. The van der Waals surface area contributed by atoms with E-state index in [0.29, 0.717) is 46.9 Å². The van der Waals surface area contributed by atoms with Crippen LogP contribution in [0.25, 0.3) is 10.9 Å². The van der Waals surface area contributed by atoms with Crippen molar-refractivity contribution in [2.45, 2.75) is 38.9 Å². The lowest BCUT2D eigenvalue weighted by atomic mass is 10.1. The molecule has 3 aromatic rings. The van der Waals surface area contributed by atoms with Gasteiger partial charge in [0.15, 0.2) is 8.32 Å². The molecule has 0 saturated heterocycles. The Kier molecular flexibility index (Phi) is 7.69. The highest BCUT2D eigenvalue weighted by atomic mass is 35.5. The summed E-state index contributed by atoms with van der Waals surface area (Å²) in [5.74, 6) is 0.773. The number of carbonyl (C=O) groups is 1. The van der Waals surface area contributed by atoms with E-state index in [1.54, 1.807) is 37.5 Å². The lowest BCUT2D eigenvalue weighted by molar-refractivity contribution is 0.0957. The highest BCUT2D eigenvalue weighted by Crippen LogP contribution is 2.37. The van der Waals surface area contributed by atoms with Gasteiger partial charge in [0.25, 0.3) is 5.91 Å². The average Bonchev–Trinajstić information content (AvgIpc) is 2.77. The number of nitrogen functional groups attached to an aromatic ring is 1. The van der Waals surface area contributed by atoms with Crippen LogP contribution < -0.4 is 20.5 Å². The quantitative estimate of drug-likeness (QED) is 0.312. The van der Waals surface area contributed by atoms with Crippen molar-refractivity contribution in [2.24, 2.45) is 0 Å². The van der Waals surface area contributed by atoms with Gasteiger partial charge in [-0.1, -0.05) is 32.4 Å². The van der Waals surface area contributed by atoms with Gasteiger partial charge < -0.3 is 25.0 Å². The summed E-state index contributed by atoms with van der Waals surface area (Å²) < 4.78 is 18.1. The Morgan fingerprint density at radius 3 is 2.53 bits per heavy atom. The van der Waals surface area contributed by atoms with Gasteiger partial charge >= 0.3 is 0 Å². The summed E-state index contributed by atoms with van der Waals surface area (Å²) >= 11 is 6.21. The van der Waals surface area contributed by atoms with Gasteiger partial charge in [-0.05, 0) is 36.3 Å². The molecule has 0 aliphatic carbocycles. The third kappa shape index (κ3) is 5.78. The lowest BCUT2D eigenvalue weighted by Gasteiger charge is -2.36. The number of nitrogens with zero attached hydrogens (tertiary/aromatic N) is 2. The summed E-state index contributed by atoms with van der Waals surface area (Å²) in [6, 6.07) is 6.64. The Balaban J connectivity index is 1.89. The molecular formula is C24H31ClN4O4Si. The maximum absolute atomic E-state index is 12.6. The van der Waals surface area contributed by atoms with E-state index < -0.39 is 8.32 Å². The predicted molar refractivity (Wildman–Crippen MR) is 138 cm³/mol. The minimum atomic E-state index is -1.89. The lowest BCUT2D eigenvalue weighted by Crippen LogP contribution is -2.41. The van der Waals surface area contributed by atoms with Crippen LogP contribution in [0.2, 0.25) is 23.2 Å². The standard InChI is InChI=1S/C24H31ClN4O4Si/c1-24(2,3)34(5,6)32-10-9-31-21-13-19-16(12-17(21)22(30)27-4)20(7-8-28-19)33-23-18(25)11-15(26)14-29-23/h7-8,11-14H,9-10,26H2,1-6H3,(H,27,30). The molecule has 2 heterocycles. The zero-order valence-corrected chi connectivity index (χ0v) is 22.1. The largest absolute Gasteiger partial charge is 0.490 e. The van der Waals surface area contributed by atoms with Gasteiger partial charge in [-0.2, -0.15) is 0 Å². The molecule has 1 amide bonds.